The number of H-pyrrole nitrogens is 1. The Balaban J connectivity index is 2.04. The topological polar surface area (TPSA) is 89.0 Å². The van der Waals surface area contributed by atoms with Crippen LogP contribution in [0.3, 0.4) is 0 Å². The zero-order valence-corrected chi connectivity index (χ0v) is 12.3. The Bertz CT molecular complexity index is 647. The van der Waals surface area contributed by atoms with Crippen molar-refractivity contribution in [1.29, 1.82) is 5.26 Å². The summed E-state index contributed by atoms with van der Waals surface area (Å²) >= 11 is 0. The van der Waals surface area contributed by atoms with Crippen LogP contribution in [0.5, 0.6) is 0 Å². The number of nitrogens with zero attached hydrogens (tertiary/aromatic N) is 2. The highest BCUT2D eigenvalue weighted by Crippen LogP contribution is 2.32. The van der Waals surface area contributed by atoms with E-state index >= 15 is 0 Å². The maximum absolute atomic E-state index is 12.9. The Morgan fingerprint density at radius 1 is 1.43 bits per heavy atom. The van der Waals surface area contributed by atoms with Crippen molar-refractivity contribution < 1.29 is 22.8 Å². The third kappa shape index (κ3) is 3.83. The van der Waals surface area contributed by atoms with E-state index in [-0.39, 0.29) is 30.6 Å². The summed E-state index contributed by atoms with van der Waals surface area (Å²) in [6, 6.07) is 0.805. The molecule has 0 aliphatic carbocycles. The number of alkyl halides is 3. The zero-order chi connectivity index (χ0) is 17.2. The minimum Gasteiger partial charge on any atom is -0.352 e. The summed E-state index contributed by atoms with van der Waals surface area (Å²) in [5, 5.41) is 11.3. The SMILES string of the molecule is CC(=O)N1CC(NC(=O)c2c[nH]c(C#N)c2)CCC1C(F)(F)F. The fourth-order valence-electron chi connectivity index (χ4n) is 2.64. The molecule has 9 heteroatoms. The van der Waals surface area contributed by atoms with Crippen molar-refractivity contribution in [2.24, 2.45) is 0 Å². The number of hydrogen-bond donors (Lipinski definition) is 2. The molecule has 6 nitrogen and oxygen atoms in total. The van der Waals surface area contributed by atoms with Crippen molar-refractivity contribution >= 4 is 11.8 Å². The van der Waals surface area contributed by atoms with Crippen LogP contribution in [0.25, 0.3) is 0 Å². The van der Waals surface area contributed by atoms with Gasteiger partial charge in [0, 0.05) is 25.7 Å². The molecule has 2 amide bonds. The van der Waals surface area contributed by atoms with E-state index in [0.29, 0.717) is 0 Å². The summed E-state index contributed by atoms with van der Waals surface area (Å²) in [6.07, 6.45) is -3.28. The molecule has 0 spiro atoms. The highest BCUT2D eigenvalue weighted by atomic mass is 19.4. The molecule has 2 atom stereocenters. The number of amides is 2. The van der Waals surface area contributed by atoms with Crippen LogP contribution in [0.2, 0.25) is 0 Å². The van der Waals surface area contributed by atoms with Gasteiger partial charge < -0.3 is 15.2 Å². The van der Waals surface area contributed by atoms with Gasteiger partial charge in [-0.25, -0.2) is 0 Å². The van der Waals surface area contributed by atoms with E-state index in [1.807, 2.05) is 6.07 Å². The average molecular weight is 328 g/mol. The smallest absolute Gasteiger partial charge is 0.352 e. The Morgan fingerprint density at radius 3 is 2.65 bits per heavy atom. The molecule has 1 aliphatic rings. The number of carbonyl (C=O) groups excluding carboxylic acids is 2. The largest absolute Gasteiger partial charge is 0.408 e. The maximum Gasteiger partial charge on any atom is 0.408 e. The van der Waals surface area contributed by atoms with Crippen LogP contribution in [0, 0.1) is 11.3 Å². The van der Waals surface area contributed by atoms with Crippen molar-refractivity contribution in [3.05, 3.63) is 23.5 Å². The lowest BCUT2D eigenvalue weighted by Crippen LogP contribution is -2.57. The van der Waals surface area contributed by atoms with Gasteiger partial charge in [0.25, 0.3) is 5.91 Å². The maximum atomic E-state index is 12.9. The van der Waals surface area contributed by atoms with Gasteiger partial charge in [-0.1, -0.05) is 0 Å². The fourth-order valence-corrected chi connectivity index (χ4v) is 2.64. The predicted octanol–water partition coefficient (Wildman–Crippen LogP) is 1.56. The van der Waals surface area contributed by atoms with Gasteiger partial charge in [-0.2, -0.15) is 18.4 Å². The second kappa shape index (κ2) is 6.32. The third-order valence-corrected chi connectivity index (χ3v) is 3.77. The summed E-state index contributed by atoms with van der Waals surface area (Å²) in [4.78, 5) is 26.8. The van der Waals surface area contributed by atoms with Crippen molar-refractivity contribution in [3.8, 4) is 6.07 Å². The Hall–Kier alpha value is -2.50. The number of hydrogen-bond acceptors (Lipinski definition) is 3. The minimum atomic E-state index is -4.48. The van der Waals surface area contributed by atoms with Gasteiger partial charge in [0.2, 0.25) is 5.91 Å². The lowest BCUT2D eigenvalue weighted by molar-refractivity contribution is -0.196. The summed E-state index contributed by atoms with van der Waals surface area (Å²) in [5.41, 5.74) is 0.426. The molecule has 1 aromatic rings. The third-order valence-electron chi connectivity index (χ3n) is 3.77. The molecular formula is C14H15F3N4O2. The van der Waals surface area contributed by atoms with Crippen LogP contribution in [-0.4, -0.2) is 46.5 Å². The average Bonchev–Trinajstić information content (AvgIpc) is 2.95. The predicted molar refractivity (Wildman–Crippen MR) is 73.2 cm³/mol. The highest BCUT2D eigenvalue weighted by molar-refractivity contribution is 5.94. The first kappa shape index (κ1) is 16.9. The van der Waals surface area contributed by atoms with Crippen molar-refractivity contribution in [2.75, 3.05) is 6.54 Å². The van der Waals surface area contributed by atoms with E-state index in [4.69, 9.17) is 5.26 Å². The Labute approximate surface area is 130 Å². The van der Waals surface area contributed by atoms with Gasteiger partial charge >= 0.3 is 6.18 Å². The number of aromatic nitrogens is 1. The van der Waals surface area contributed by atoms with Gasteiger partial charge in [-0.05, 0) is 18.9 Å². The van der Waals surface area contributed by atoms with E-state index < -0.39 is 30.1 Å². The molecular weight excluding hydrogens is 313 g/mol. The first-order valence-corrected chi connectivity index (χ1v) is 6.95. The molecule has 2 N–H and O–H groups in total. The molecule has 1 aromatic heterocycles. The normalized spacial score (nSPS) is 21.6. The Kier molecular flexibility index (Phi) is 4.63. The van der Waals surface area contributed by atoms with Gasteiger partial charge in [0.1, 0.15) is 17.8 Å². The van der Waals surface area contributed by atoms with Crippen molar-refractivity contribution in [2.45, 2.75) is 38.0 Å². The van der Waals surface area contributed by atoms with E-state index in [1.54, 1.807) is 0 Å². The molecule has 0 bridgehead atoms. The quantitative estimate of drug-likeness (QED) is 0.863. The molecule has 0 radical (unpaired) electrons. The lowest BCUT2D eigenvalue weighted by Gasteiger charge is -2.40. The van der Waals surface area contributed by atoms with Crippen LogP contribution in [-0.2, 0) is 4.79 Å². The van der Waals surface area contributed by atoms with E-state index in [9.17, 15) is 22.8 Å². The van der Waals surface area contributed by atoms with Crippen molar-refractivity contribution in [1.82, 2.24) is 15.2 Å². The Morgan fingerprint density at radius 2 is 2.13 bits per heavy atom. The number of carbonyl (C=O) groups is 2. The molecule has 23 heavy (non-hydrogen) atoms. The van der Waals surface area contributed by atoms with Gasteiger partial charge in [0.05, 0.1) is 5.56 Å². The molecule has 2 unspecified atom stereocenters. The summed E-state index contributed by atoms with van der Waals surface area (Å²) in [6.45, 7) is 0.884. The molecule has 0 saturated carbocycles. The zero-order valence-electron chi connectivity index (χ0n) is 12.3. The van der Waals surface area contributed by atoms with E-state index in [1.165, 1.54) is 12.3 Å². The van der Waals surface area contributed by atoms with Gasteiger partial charge in [0.15, 0.2) is 0 Å². The molecule has 0 aromatic carbocycles. The lowest BCUT2D eigenvalue weighted by atomic mass is 9.97. The van der Waals surface area contributed by atoms with Crippen LogP contribution in [0.4, 0.5) is 13.2 Å². The number of rotatable bonds is 2. The number of piperidine rings is 1. The van der Waals surface area contributed by atoms with Gasteiger partial charge in [-0.3, -0.25) is 9.59 Å². The second-order valence-corrected chi connectivity index (χ2v) is 5.39. The second-order valence-electron chi connectivity index (χ2n) is 5.39. The molecule has 2 heterocycles. The van der Waals surface area contributed by atoms with Crippen molar-refractivity contribution in [3.63, 3.8) is 0 Å². The standard InChI is InChI=1S/C14H15F3N4O2/c1-8(22)21-7-10(2-3-12(21)14(15,16)17)20-13(23)9-4-11(5-18)19-6-9/h4,6,10,12,19H,2-3,7H2,1H3,(H,20,23). The summed E-state index contributed by atoms with van der Waals surface area (Å²) in [7, 11) is 0. The van der Waals surface area contributed by atoms with Crippen LogP contribution in [0.15, 0.2) is 12.3 Å². The molecule has 1 aliphatic heterocycles. The minimum absolute atomic E-state index is 0.120. The molecule has 1 fully saturated rings. The highest BCUT2D eigenvalue weighted by Gasteiger charge is 2.47. The first-order chi connectivity index (χ1) is 10.7. The van der Waals surface area contributed by atoms with Crippen LogP contribution < -0.4 is 5.32 Å². The summed E-state index contributed by atoms with van der Waals surface area (Å²) < 4.78 is 38.8. The number of nitriles is 1. The summed E-state index contributed by atoms with van der Waals surface area (Å²) in [5.74, 6) is -1.18. The molecule has 1 saturated heterocycles. The van der Waals surface area contributed by atoms with E-state index in [0.717, 1.165) is 11.8 Å². The van der Waals surface area contributed by atoms with Crippen LogP contribution >= 0.6 is 0 Å². The molecule has 2 rings (SSSR count). The molecule has 124 valence electrons. The number of likely N-dealkylation sites (tertiary alicyclic amines) is 1. The van der Waals surface area contributed by atoms with E-state index in [2.05, 4.69) is 10.3 Å². The number of nitrogens with one attached hydrogen (secondary N) is 2. The number of halogens is 3. The monoisotopic (exact) mass is 328 g/mol. The fraction of sp³-hybridized carbons (Fsp3) is 0.500. The number of aromatic amines is 1. The van der Waals surface area contributed by atoms with Gasteiger partial charge in [-0.15, -0.1) is 0 Å². The van der Waals surface area contributed by atoms with Crippen LogP contribution in [0.1, 0.15) is 35.8 Å². The first-order valence-electron chi connectivity index (χ1n) is 6.95.